The maximum atomic E-state index is 13.9. The van der Waals surface area contributed by atoms with Crippen molar-refractivity contribution in [2.24, 2.45) is 17.6 Å². The minimum absolute atomic E-state index is 0.0683. The van der Waals surface area contributed by atoms with Crippen LogP contribution >= 0.6 is 0 Å². The fourth-order valence-corrected chi connectivity index (χ4v) is 4.73. The predicted octanol–water partition coefficient (Wildman–Crippen LogP) is 4.99. The molecule has 0 aliphatic rings. The molecule has 0 saturated heterocycles. The highest BCUT2D eigenvalue weighted by molar-refractivity contribution is 5.94. The number of carbonyl (C=O) groups is 2. The minimum Gasteiger partial charge on any atom is -0.391 e. The molecule has 41 heavy (non-hydrogen) atoms. The van der Waals surface area contributed by atoms with Gasteiger partial charge in [-0.05, 0) is 53.8 Å². The van der Waals surface area contributed by atoms with Crippen LogP contribution in [0.15, 0.2) is 66.7 Å². The van der Waals surface area contributed by atoms with Crippen molar-refractivity contribution in [2.45, 2.75) is 45.0 Å². The van der Waals surface area contributed by atoms with Crippen LogP contribution in [0.3, 0.4) is 0 Å². The first-order chi connectivity index (χ1) is 19.4. The Hall–Kier alpha value is -3.83. The topological polar surface area (TPSA) is 104 Å². The monoisotopic (exact) mass is 577 g/mol. The Morgan fingerprint density at radius 3 is 2.22 bits per heavy atom. The van der Waals surface area contributed by atoms with Gasteiger partial charge in [0.2, 0.25) is 11.8 Å². The van der Waals surface area contributed by atoms with E-state index in [4.69, 9.17) is 5.73 Å². The number of hydrogen-bond donors (Lipinski definition) is 4. The Labute approximate surface area is 234 Å². The summed E-state index contributed by atoms with van der Waals surface area (Å²) in [4.78, 5) is 25.4. The zero-order valence-corrected chi connectivity index (χ0v) is 22.3. The average molecular weight is 578 g/mol. The molecule has 6 nitrogen and oxygen atoms in total. The van der Waals surface area contributed by atoms with Crippen LogP contribution in [0.1, 0.15) is 35.6 Å². The van der Waals surface area contributed by atoms with Gasteiger partial charge in [-0.15, -0.1) is 0 Å². The van der Waals surface area contributed by atoms with Gasteiger partial charge in [0.25, 0.3) is 0 Å². The molecule has 11 heteroatoms. The van der Waals surface area contributed by atoms with Crippen molar-refractivity contribution in [1.82, 2.24) is 5.32 Å². The number of nitrogens with one attached hydrogen (secondary N) is 2. The molecule has 3 aromatic carbocycles. The molecule has 0 aliphatic carbocycles. The SMILES string of the molecule is CCc1cccc(CNC[C@H](O)[C@@H](Cc2cc(F)cc(F)c2)C(CC(=O)Nc2ccccc2C(F)(F)F)C(N)=O)c1. The Morgan fingerprint density at radius 1 is 0.927 bits per heavy atom. The van der Waals surface area contributed by atoms with Gasteiger partial charge >= 0.3 is 6.18 Å². The number of benzene rings is 3. The number of aliphatic hydroxyl groups excluding tert-OH is 1. The van der Waals surface area contributed by atoms with E-state index in [1.807, 2.05) is 31.2 Å². The lowest BCUT2D eigenvalue weighted by Gasteiger charge is -2.29. The summed E-state index contributed by atoms with van der Waals surface area (Å²) in [6, 6.07) is 14.8. The van der Waals surface area contributed by atoms with Crippen LogP contribution in [0, 0.1) is 23.5 Å². The zero-order valence-electron chi connectivity index (χ0n) is 22.3. The van der Waals surface area contributed by atoms with Gasteiger partial charge in [0, 0.05) is 31.5 Å². The Kier molecular flexibility index (Phi) is 11.0. The van der Waals surface area contributed by atoms with E-state index in [0.29, 0.717) is 12.6 Å². The summed E-state index contributed by atoms with van der Waals surface area (Å²) < 4.78 is 68.0. The molecular weight excluding hydrogens is 545 g/mol. The summed E-state index contributed by atoms with van der Waals surface area (Å²) in [5.41, 5.74) is 6.18. The number of halogens is 5. The molecule has 0 saturated carbocycles. The average Bonchev–Trinajstić information content (AvgIpc) is 2.89. The van der Waals surface area contributed by atoms with Crippen molar-refractivity contribution in [1.29, 1.82) is 0 Å². The van der Waals surface area contributed by atoms with E-state index in [2.05, 4.69) is 10.6 Å². The molecule has 1 unspecified atom stereocenters. The van der Waals surface area contributed by atoms with Crippen LogP contribution in [0.25, 0.3) is 0 Å². The Morgan fingerprint density at radius 2 is 1.59 bits per heavy atom. The lowest BCUT2D eigenvalue weighted by atomic mass is 9.80. The van der Waals surface area contributed by atoms with Gasteiger partial charge in [0.05, 0.1) is 23.3 Å². The Balaban J connectivity index is 1.82. The number of rotatable bonds is 13. The second-order valence-corrected chi connectivity index (χ2v) is 9.82. The number of aryl methyl sites for hydroxylation is 1. The number of para-hydroxylation sites is 1. The maximum Gasteiger partial charge on any atom is 0.418 e. The summed E-state index contributed by atoms with van der Waals surface area (Å²) in [5, 5.41) is 16.4. The summed E-state index contributed by atoms with van der Waals surface area (Å²) in [5.74, 6) is -6.18. The number of hydrogen-bond acceptors (Lipinski definition) is 4. The molecular formula is C30H32F5N3O3. The number of alkyl halides is 3. The number of primary amides is 1. The van der Waals surface area contributed by atoms with E-state index in [1.165, 1.54) is 12.1 Å². The second kappa shape index (κ2) is 14.2. The van der Waals surface area contributed by atoms with Crippen LogP contribution in [-0.4, -0.2) is 29.6 Å². The number of carbonyl (C=O) groups excluding carboxylic acids is 2. The molecule has 0 fully saturated rings. The first-order valence-corrected chi connectivity index (χ1v) is 13.0. The molecule has 0 radical (unpaired) electrons. The van der Waals surface area contributed by atoms with Gasteiger partial charge in [0.1, 0.15) is 11.6 Å². The molecule has 2 amide bonds. The van der Waals surface area contributed by atoms with Crippen LogP contribution in [0.2, 0.25) is 0 Å². The van der Waals surface area contributed by atoms with Crippen LogP contribution in [-0.2, 0) is 35.2 Å². The number of aliphatic hydroxyl groups is 1. The predicted molar refractivity (Wildman–Crippen MR) is 144 cm³/mol. The van der Waals surface area contributed by atoms with Crippen molar-refractivity contribution >= 4 is 17.5 Å². The van der Waals surface area contributed by atoms with Crippen molar-refractivity contribution in [3.8, 4) is 0 Å². The molecule has 0 spiro atoms. The lowest BCUT2D eigenvalue weighted by Crippen LogP contribution is -2.43. The molecule has 3 atom stereocenters. The largest absolute Gasteiger partial charge is 0.418 e. The summed E-state index contributed by atoms with van der Waals surface area (Å²) in [6.07, 6.45) is -6.13. The van der Waals surface area contributed by atoms with Gasteiger partial charge in [0.15, 0.2) is 0 Å². The second-order valence-electron chi connectivity index (χ2n) is 9.82. The molecule has 0 bridgehead atoms. The fourth-order valence-electron chi connectivity index (χ4n) is 4.73. The van der Waals surface area contributed by atoms with E-state index in [0.717, 1.165) is 41.8 Å². The van der Waals surface area contributed by atoms with Gasteiger partial charge in [-0.2, -0.15) is 13.2 Å². The third-order valence-corrected chi connectivity index (χ3v) is 6.76. The van der Waals surface area contributed by atoms with Gasteiger partial charge in [-0.1, -0.05) is 43.3 Å². The quantitative estimate of drug-likeness (QED) is 0.215. The third-order valence-electron chi connectivity index (χ3n) is 6.76. The highest BCUT2D eigenvalue weighted by Crippen LogP contribution is 2.35. The fraction of sp³-hybridized carbons (Fsp3) is 0.333. The molecule has 3 rings (SSSR count). The van der Waals surface area contributed by atoms with E-state index >= 15 is 0 Å². The zero-order chi connectivity index (χ0) is 30.2. The standard InChI is InChI=1S/C30H32F5N3O3/c1-2-18-6-5-7-19(10-18)16-37-17-27(39)23(13-20-11-21(31)14-22(32)12-20)24(29(36)41)15-28(40)38-26-9-4-3-8-25(26)30(33,34)35/h3-12,14,23-24,27,37,39H,2,13,15-17H2,1H3,(H2,36,41)(H,38,40)/t23-,24?,27-/m0/s1. The van der Waals surface area contributed by atoms with Crippen molar-refractivity contribution in [3.05, 3.63) is 101 Å². The number of amides is 2. The molecule has 5 N–H and O–H groups in total. The maximum absolute atomic E-state index is 13.9. The van der Waals surface area contributed by atoms with E-state index in [1.54, 1.807) is 0 Å². The third kappa shape index (κ3) is 9.36. The van der Waals surface area contributed by atoms with Crippen molar-refractivity contribution in [3.63, 3.8) is 0 Å². The number of anilines is 1. The highest BCUT2D eigenvalue weighted by atomic mass is 19.4. The van der Waals surface area contributed by atoms with Gasteiger partial charge in [-0.3, -0.25) is 9.59 Å². The number of nitrogens with two attached hydrogens (primary N) is 1. The molecule has 3 aromatic rings. The lowest BCUT2D eigenvalue weighted by molar-refractivity contribution is -0.137. The van der Waals surface area contributed by atoms with Gasteiger partial charge < -0.3 is 21.5 Å². The first-order valence-electron chi connectivity index (χ1n) is 13.0. The molecule has 0 heterocycles. The van der Waals surface area contributed by atoms with Crippen LogP contribution in [0.4, 0.5) is 27.6 Å². The smallest absolute Gasteiger partial charge is 0.391 e. The summed E-state index contributed by atoms with van der Waals surface area (Å²) in [6.45, 7) is 2.31. The normalized spacial score (nSPS) is 13.8. The van der Waals surface area contributed by atoms with Crippen molar-refractivity contribution in [2.75, 3.05) is 11.9 Å². The molecule has 220 valence electrons. The summed E-state index contributed by atoms with van der Waals surface area (Å²) >= 11 is 0. The van der Waals surface area contributed by atoms with Crippen LogP contribution in [0.5, 0.6) is 0 Å². The highest BCUT2D eigenvalue weighted by Gasteiger charge is 2.36. The minimum atomic E-state index is -4.74. The van der Waals surface area contributed by atoms with E-state index in [9.17, 15) is 36.6 Å². The molecule has 0 aliphatic heterocycles. The first kappa shape index (κ1) is 31.7. The van der Waals surface area contributed by atoms with E-state index in [-0.39, 0.29) is 18.5 Å². The van der Waals surface area contributed by atoms with E-state index < -0.39 is 65.2 Å². The van der Waals surface area contributed by atoms with Gasteiger partial charge in [-0.25, -0.2) is 8.78 Å². The van der Waals surface area contributed by atoms with Crippen molar-refractivity contribution < 1.29 is 36.6 Å². The molecule has 0 aromatic heterocycles. The summed E-state index contributed by atoms with van der Waals surface area (Å²) in [7, 11) is 0. The Bertz CT molecular complexity index is 1330. The van der Waals surface area contributed by atoms with Crippen LogP contribution < -0.4 is 16.4 Å².